The molecule has 1 atom stereocenters. The SMILES string of the molecule is N[C@@H](Cc1ccc(NC(=O)c2ccccc2[N+](=O)[O-])cc1CCC(=O)O)C(=O)O. The van der Waals surface area contributed by atoms with Crippen LogP contribution in [0.2, 0.25) is 0 Å². The summed E-state index contributed by atoms with van der Waals surface area (Å²) in [5, 5.41) is 31.6. The second-order valence-corrected chi connectivity index (χ2v) is 6.25. The molecule has 5 N–H and O–H groups in total. The van der Waals surface area contributed by atoms with Crippen molar-refractivity contribution in [3.05, 3.63) is 69.3 Å². The minimum atomic E-state index is -1.19. The number of carboxylic acid groups (broad SMARTS) is 2. The quantitative estimate of drug-likeness (QED) is 0.364. The monoisotopic (exact) mass is 401 g/mol. The van der Waals surface area contributed by atoms with Crippen molar-refractivity contribution in [2.45, 2.75) is 25.3 Å². The van der Waals surface area contributed by atoms with Crippen molar-refractivity contribution in [2.75, 3.05) is 5.32 Å². The van der Waals surface area contributed by atoms with E-state index >= 15 is 0 Å². The molecule has 0 radical (unpaired) electrons. The van der Waals surface area contributed by atoms with Gasteiger partial charge in [0.25, 0.3) is 11.6 Å². The lowest BCUT2D eigenvalue weighted by atomic mass is 9.96. The van der Waals surface area contributed by atoms with Crippen LogP contribution in [0.1, 0.15) is 27.9 Å². The fourth-order valence-corrected chi connectivity index (χ4v) is 2.72. The average Bonchev–Trinajstić information content (AvgIpc) is 2.67. The largest absolute Gasteiger partial charge is 0.481 e. The molecule has 0 heterocycles. The molecule has 1 amide bonds. The highest BCUT2D eigenvalue weighted by Gasteiger charge is 2.20. The molecule has 152 valence electrons. The maximum Gasteiger partial charge on any atom is 0.320 e. The Morgan fingerprint density at radius 1 is 1.10 bits per heavy atom. The van der Waals surface area contributed by atoms with Crippen LogP contribution in [0.15, 0.2) is 42.5 Å². The van der Waals surface area contributed by atoms with Crippen LogP contribution in [0.3, 0.4) is 0 Å². The number of nitrogens with two attached hydrogens (primary N) is 1. The van der Waals surface area contributed by atoms with Crippen LogP contribution in [-0.2, 0) is 22.4 Å². The van der Waals surface area contributed by atoms with Crippen molar-refractivity contribution in [3.63, 3.8) is 0 Å². The molecule has 10 heteroatoms. The number of nitro benzene ring substituents is 1. The number of aliphatic carboxylic acids is 2. The lowest BCUT2D eigenvalue weighted by Gasteiger charge is -2.14. The maximum atomic E-state index is 12.5. The van der Waals surface area contributed by atoms with Gasteiger partial charge in [0.05, 0.1) is 4.92 Å². The number of nitro groups is 1. The molecule has 0 spiro atoms. The van der Waals surface area contributed by atoms with Crippen molar-refractivity contribution in [3.8, 4) is 0 Å². The number of amides is 1. The molecule has 2 aromatic carbocycles. The number of carbonyl (C=O) groups excluding carboxylic acids is 1. The zero-order valence-corrected chi connectivity index (χ0v) is 15.2. The van der Waals surface area contributed by atoms with Crippen LogP contribution in [0.25, 0.3) is 0 Å². The van der Waals surface area contributed by atoms with Crippen LogP contribution < -0.4 is 11.1 Å². The molecule has 0 fully saturated rings. The van der Waals surface area contributed by atoms with Crippen molar-refractivity contribution >= 4 is 29.2 Å². The van der Waals surface area contributed by atoms with Crippen molar-refractivity contribution in [1.82, 2.24) is 0 Å². The van der Waals surface area contributed by atoms with E-state index in [1.807, 2.05) is 0 Å². The normalized spacial score (nSPS) is 11.5. The van der Waals surface area contributed by atoms with Gasteiger partial charge in [-0.25, -0.2) is 0 Å². The molecule has 0 saturated heterocycles. The summed E-state index contributed by atoms with van der Waals surface area (Å²) in [6.07, 6.45) is -0.105. The maximum absolute atomic E-state index is 12.5. The van der Waals surface area contributed by atoms with Gasteiger partial charge in [-0.05, 0) is 42.2 Å². The Kier molecular flexibility index (Phi) is 6.99. The van der Waals surface area contributed by atoms with E-state index in [0.29, 0.717) is 16.8 Å². The Balaban J connectivity index is 2.30. The molecule has 2 aromatic rings. The van der Waals surface area contributed by atoms with Crippen LogP contribution in [0, 0.1) is 10.1 Å². The molecule has 0 aliphatic carbocycles. The smallest absolute Gasteiger partial charge is 0.320 e. The van der Waals surface area contributed by atoms with Gasteiger partial charge in [0.15, 0.2) is 0 Å². The van der Waals surface area contributed by atoms with Gasteiger partial charge in [0.1, 0.15) is 11.6 Å². The number of rotatable bonds is 9. The highest BCUT2D eigenvalue weighted by molar-refractivity contribution is 6.07. The molecular formula is C19H19N3O7. The summed E-state index contributed by atoms with van der Waals surface area (Å²) >= 11 is 0. The van der Waals surface area contributed by atoms with Gasteiger partial charge in [-0.2, -0.15) is 0 Å². The van der Waals surface area contributed by atoms with E-state index in [2.05, 4.69) is 5.32 Å². The fourth-order valence-electron chi connectivity index (χ4n) is 2.72. The lowest BCUT2D eigenvalue weighted by Crippen LogP contribution is -2.32. The number of benzene rings is 2. The number of para-hydroxylation sites is 1. The summed E-state index contributed by atoms with van der Waals surface area (Å²) in [4.78, 5) is 44.8. The Morgan fingerprint density at radius 2 is 1.79 bits per heavy atom. The molecule has 10 nitrogen and oxygen atoms in total. The number of nitrogens with one attached hydrogen (secondary N) is 1. The fraction of sp³-hybridized carbons (Fsp3) is 0.211. The summed E-state index contributed by atoms with van der Waals surface area (Å²) in [6.45, 7) is 0. The first kappa shape index (κ1) is 21.5. The minimum Gasteiger partial charge on any atom is -0.481 e. The Morgan fingerprint density at radius 3 is 2.41 bits per heavy atom. The first-order valence-electron chi connectivity index (χ1n) is 8.55. The van der Waals surface area contributed by atoms with Gasteiger partial charge in [-0.15, -0.1) is 0 Å². The standard InChI is InChI=1S/C19H19N3O7/c20-15(19(26)27)10-12-5-7-13(9-11(12)6-8-17(23)24)21-18(25)14-3-1-2-4-16(14)22(28)29/h1-5,7,9,15H,6,8,10,20H2,(H,21,25)(H,23,24)(H,26,27)/t15-/m0/s1. The summed E-state index contributed by atoms with van der Waals surface area (Å²) in [6, 6.07) is 8.87. The highest BCUT2D eigenvalue weighted by atomic mass is 16.6. The molecule has 0 aromatic heterocycles. The van der Waals surface area contributed by atoms with Gasteiger partial charge in [-0.3, -0.25) is 24.5 Å². The zero-order valence-electron chi connectivity index (χ0n) is 15.2. The van der Waals surface area contributed by atoms with E-state index in [1.54, 1.807) is 6.07 Å². The third-order valence-corrected chi connectivity index (χ3v) is 4.17. The van der Waals surface area contributed by atoms with E-state index < -0.39 is 28.8 Å². The number of hydrogen-bond acceptors (Lipinski definition) is 6. The summed E-state index contributed by atoms with van der Waals surface area (Å²) in [5.74, 6) is -2.92. The van der Waals surface area contributed by atoms with Crippen molar-refractivity contribution in [2.24, 2.45) is 5.73 Å². The molecular weight excluding hydrogens is 382 g/mol. The second-order valence-electron chi connectivity index (χ2n) is 6.25. The molecule has 0 aliphatic heterocycles. The van der Waals surface area contributed by atoms with E-state index in [1.165, 1.54) is 36.4 Å². The number of carboxylic acids is 2. The molecule has 0 bridgehead atoms. The summed E-state index contributed by atoms with van der Waals surface area (Å²) in [7, 11) is 0. The third-order valence-electron chi connectivity index (χ3n) is 4.17. The van der Waals surface area contributed by atoms with Gasteiger partial charge in [-0.1, -0.05) is 18.2 Å². The van der Waals surface area contributed by atoms with Crippen molar-refractivity contribution in [1.29, 1.82) is 0 Å². The first-order chi connectivity index (χ1) is 13.7. The van der Waals surface area contributed by atoms with Gasteiger partial charge < -0.3 is 21.3 Å². The van der Waals surface area contributed by atoms with E-state index in [4.69, 9.17) is 15.9 Å². The van der Waals surface area contributed by atoms with Crippen LogP contribution in [-0.4, -0.2) is 39.0 Å². The topological polar surface area (TPSA) is 173 Å². The van der Waals surface area contributed by atoms with Gasteiger partial charge >= 0.3 is 11.9 Å². The summed E-state index contributed by atoms with van der Waals surface area (Å²) in [5.41, 5.74) is 6.45. The number of carbonyl (C=O) groups is 3. The predicted octanol–water partition coefficient (Wildman–Crippen LogP) is 1.82. The highest BCUT2D eigenvalue weighted by Crippen LogP contribution is 2.22. The average molecular weight is 401 g/mol. The van der Waals surface area contributed by atoms with Crippen LogP contribution in [0.5, 0.6) is 0 Å². The molecule has 0 saturated carbocycles. The van der Waals surface area contributed by atoms with Gasteiger partial charge in [0.2, 0.25) is 0 Å². The Bertz CT molecular complexity index is 959. The minimum absolute atomic E-state index is 0.0112. The summed E-state index contributed by atoms with van der Waals surface area (Å²) < 4.78 is 0. The predicted molar refractivity (Wildman–Crippen MR) is 103 cm³/mol. The van der Waals surface area contributed by atoms with Crippen LogP contribution in [0.4, 0.5) is 11.4 Å². The number of hydrogen-bond donors (Lipinski definition) is 4. The van der Waals surface area contributed by atoms with Crippen molar-refractivity contribution < 1.29 is 29.5 Å². The zero-order chi connectivity index (χ0) is 21.6. The number of nitrogens with zero attached hydrogens (tertiary/aromatic N) is 1. The van der Waals surface area contributed by atoms with Crippen LogP contribution >= 0.6 is 0 Å². The number of anilines is 1. The lowest BCUT2D eigenvalue weighted by molar-refractivity contribution is -0.385. The molecule has 29 heavy (non-hydrogen) atoms. The third kappa shape index (κ3) is 5.84. The Hall–Kier alpha value is -3.79. The van der Waals surface area contributed by atoms with E-state index in [0.717, 1.165) is 0 Å². The molecule has 2 rings (SSSR count). The van der Waals surface area contributed by atoms with Gasteiger partial charge in [0, 0.05) is 18.2 Å². The molecule has 0 unspecified atom stereocenters. The van der Waals surface area contributed by atoms with E-state index in [9.17, 15) is 24.5 Å². The molecule has 0 aliphatic rings. The number of aryl methyl sites for hydroxylation is 1. The first-order valence-corrected chi connectivity index (χ1v) is 8.55. The Labute approximate surface area is 165 Å². The van der Waals surface area contributed by atoms with E-state index in [-0.39, 0.29) is 30.5 Å². The second kappa shape index (κ2) is 9.42.